The molecule has 12 aromatic rings. The summed E-state index contributed by atoms with van der Waals surface area (Å²) < 4.78 is 20.6. The van der Waals surface area contributed by atoms with Gasteiger partial charge < -0.3 is 18.2 Å². The normalized spacial score (nSPS) is 11.8. The summed E-state index contributed by atoms with van der Waals surface area (Å²) in [7, 11) is 0. The van der Waals surface area contributed by atoms with Crippen molar-refractivity contribution in [3.8, 4) is 33.4 Å². The monoisotopic (exact) mass is 743 g/mol. The van der Waals surface area contributed by atoms with Gasteiger partial charge in [-0.25, -0.2) is 0 Å². The minimum Gasteiger partial charge on any atom is -0.456 e. The molecular weight excluding hydrogens is 711 g/mol. The van der Waals surface area contributed by atoms with Gasteiger partial charge in [-0.3, -0.25) is 0 Å². The van der Waals surface area contributed by atoms with E-state index in [1.807, 2.05) is 30.3 Å². The predicted octanol–water partition coefficient (Wildman–Crippen LogP) is 15.9. The van der Waals surface area contributed by atoms with Gasteiger partial charge in [-0.05, 0) is 76.9 Å². The lowest BCUT2D eigenvalue weighted by molar-refractivity contribution is 0.668. The highest BCUT2D eigenvalue weighted by Crippen LogP contribution is 2.53. The minimum atomic E-state index is 0.798. The molecular formula is C54H33NO3. The highest BCUT2D eigenvalue weighted by Gasteiger charge is 2.29. The number of anilines is 3. The van der Waals surface area contributed by atoms with E-state index in [9.17, 15) is 0 Å². The molecule has 0 saturated carbocycles. The standard InChI is InChI=1S/C54H33NO3/c1-4-15-34(16-5-1)37-27-28-43-49(33-37)58-54-39(36-19-8-3-9-20-36)29-31-44(50(43)54)55(45-24-14-23-41-40-21-10-12-25-46(40)57-53(41)45)52-38(35-17-6-2-7-18-35)30-32-48-51(52)42-22-11-13-26-47(42)56-48/h1-33H. The van der Waals surface area contributed by atoms with Crippen LogP contribution in [-0.4, -0.2) is 0 Å². The Morgan fingerprint density at radius 2 is 0.879 bits per heavy atom. The Kier molecular flexibility index (Phi) is 7.20. The van der Waals surface area contributed by atoms with E-state index in [2.05, 4.69) is 175 Å². The number of rotatable bonds is 6. The molecule has 0 saturated heterocycles. The van der Waals surface area contributed by atoms with E-state index >= 15 is 0 Å². The van der Waals surface area contributed by atoms with Crippen LogP contribution in [0.3, 0.4) is 0 Å². The average Bonchev–Trinajstić information content (AvgIpc) is 3.99. The Hall–Kier alpha value is -7.82. The second-order valence-electron chi connectivity index (χ2n) is 14.8. The van der Waals surface area contributed by atoms with E-state index in [-0.39, 0.29) is 0 Å². The Morgan fingerprint density at radius 1 is 0.293 bits per heavy atom. The molecule has 0 aliphatic heterocycles. The summed E-state index contributed by atoms with van der Waals surface area (Å²) in [6.45, 7) is 0. The van der Waals surface area contributed by atoms with Gasteiger partial charge in [0.2, 0.25) is 0 Å². The second-order valence-corrected chi connectivity index (χ2v) is 14.8. The van der Waals surface area contributed by atoms with E-state index < -0.39 is 0 Å². The fourth-order valence-corrected chi connectivity index (χ4v) is 8.86. The van der Waals surface area contributed by atoms with E-state index in [0.29, 0.717) is 0 Å². The van der Waals surface area contributed by atoms with E-state index in [1.54, 1.807) is 0 Å². The van der Waals surface area contributed by atoms with Crippen LogP contribution in [0.4, 0.5) is 17.1 Å². The first-order valence-electron chi connectivity index (χ1n) is 19.6. The minimum absolute atomic E-state index is 0.798. The van der Waals surface area contributed by atoms with Crippen LogP contribution < -0.4 is 4.90 Å². The van der Waals surface area contributed by atoms with Crippen molar-refractivity contribution in [2.45, 2.75) is 0 Å². The molecule has 4 heteroatoms. The number of benzene rings is 9. The number of para-hydroxylation sites is 3. The van der Waals surface area contributed by atoms with Crippen molar-refractivity contribution in [3.05, 3.63) is 200 Å². The topological polar surface area (TPSA) is 42.7 Å². The van der Waals surface area contributed by atoms with Crippen LogP contribution in [0, 0.1) is 0 Å². The zero-order valence-electron chi connectivity index (χ0n) is 31.2. The zero-order valence-corrected chi connectivity index (χ0v) is 31.2. The van der Waals surface area contributed by atoms with E-state index in [4.69, 9.17) is 13.3 Å². The summed E-state index contributed by atoms with van der Waals surface area (Å²) in [5, 5.41) is 6.20. The van der Waals surface area contributed by atoms with Crippen LogP contribution in [0.2, 0.25) is 0 Å². The second kappa shape index (κ2) is 12.9. The SMILES string of the molecule is c1ccc(-c2ccc3c(c2)oc2c(-c4ccccc4)ccc(N(c4cccc5c4oc4ccccc45)c4c(-c5ccccc5)ccc5oc6ccccc6c45)c23)cc1. The Morgan fingerprint density at radius 3 is 1.64 bits per heavy atom. The van der Waals surface area contributed by atoms with Crippen molar-refractivity contribution < 1.29 is 13.3 Å². The van der Waals surface area contributed by atoms with Gasteiger partial charge in [0.1, 0.15) is 27.9 Å². The van der Waals surface area contributed by atoms with Gasteiger partial charge in [0.15, 0.2) is 5.58 Å². The third-order valence-electron chi connectivity index (χ3n) is 11.5. The van der Waals surface area contributed by atoms with Gasteiger partial charge in [-0.1, -0.05) is 146 Å². The van der Waals surface area contributed by atoms with Gasteiger partial charge in [-0.2, -0.15) is 0 Å². The van der Waals surface area contributed by atoms with Crippen LogP contribution in [0.1, 0.15) is 0 Å². The van der Waals surface area contributed by atoms with Crippen LogP contribution in [0.5, 0.6) is 0 Å². The fourth-order valence-electron chi connectivity index (χ4n) is 8.86. The molecule has 9 aromatic carbocycles. The first kappa shape index (κ1) is 32.4. The molecule has 0 aliphatic carbocycles. The maximum atomic E-state index is 7.09. The maximum absolute atomic E-state index is 7.09. The van der Waals surface area contributed by atoms with E-state index in [1.165, 1.54) is 0 Å². The lowest BCUT2D eigenvalue weighted by Gasteiger charge is -2.29. The van der Waals surface area contributed by atoms with Gasteiger partial charge in [0, 0.05) is 32.7 Å². The number of fused-ring (bicyclic) bond motifs is 9. The smallest absolute Gasteiger partial charge is 0.159 e. The molecule has 272 valence electrons. The van der Waals surface area contributed by atoms with Crippen molar-refractivity contribution in [1.29, 1.82) is 0 Å². The largest absolute Gasteiger partial charge is 0.456 e. The van der Waals surface area contributed by atoms with Crippen LogP contribution >= 0.6 is 0 Å². The van der Waals surface area contributed by atoms with E-state index in [0.717, 1.165) is 116 Å². The summed E-state index contributed by atoms with van der Waals surface area (Å²) in [5.41, 5.74) is 14.3. The van der Waals surface area contributed by atoms with Crippen LogP contribution in [0.15, 0.2) is 213 Å². The number of nitrogens with zero attached hydrogens (tertiary/aromatic N) is 1. The molecule has 3 heterocycles. The van der Waals surface area contributed by atoms with Crippen molar-refractivity contribution in [1.82, 2.24) is 0 Å². The lowest BCUT2D eigenvalue weighted by atomic mass is 9.95. The summed E-state index contributed by atoms with van der Waals surface area (Å²) in [4.78, 5) is 2.40. The van der Waals surface area contributed by atoms with Crippen LogP contribution in [0.25, 0.3) is 99.2 Å². The molecule has 0 amide bonds. The van der Waals surface area contributed by atoms with Gasteiger partial charge in [0.25, 0.3) is 0 Å². The van der Waals surface area contributed by atoms with Gasteiger partial charge in [-0.15, -0.1) is 0 Å². The highest BCUT2D eigenvalue weighted by atomic mass is 16.3. The zero-order chi connectivity index (χ0) is 38.2. The average molecular weight is 744 g/mol. The summed E-state index contributed by atoms with van der Waals surface area (Å²) in [6, 6.07) is 70.0. The van der Waals surface area contributed by atoms with Crippen molar-refractivity contribution >= 4 is 82.9 Å². The molecule has 0 spiro atoms. The first-order valence-corrected chi connectivity index (χ1v) is 19.6. The first-order chi connectivity index (χ1) is 28.8. The third kappa shape index (κ3) is 4.95. The summed E-state index contributed by atoms with van der Waals surface area (Å²) in [6.07, 6.45) is 0. The molecule has 0 aliphatic rings. The van der Waals surface area contributed by atoms with Gasteiger partial charge in [0.05, 0.1) is 27.8 Å². The quantitative estimate of drug-likeness (QED) is 0.170. The number of furan rings is 3. The predicted molar refractivity (Wildman–Crippen MR) is 239 cm³/mol. The summed E-state index contributed by atoms with van der Waals surface area (Å²) in [5.74, 6) is 0. The molecule has 0 radical (unpaired) electrons. The molecule has 12 rings (SSSR count). The Bertz CT molecular complexity index is 3500. The molecule has 3 aromatic heterocycles. The Balaban J connectivity index is 1.26. The van der Waals surface area contributed by atoms with Crippen molar-refractivity contribution in [3.63, 3.8) is 0 Å². The molecule has 0 N–H and O–H groups in total. The Labute approximate surface area is 333 Å². The summed E-state index contributed by atoms with van der Waals surface area (Å²) >= 11 is 0. The molecule has 0 unspecified atom stereocenters. The van der Waals surface area contributed by atoms with Crippen molar-refractivity contribution in [2.75, 3.05) is 4.90 Å². The van der Waals surface area contributed by atoms with Gasteiger partial charge >= 0.3 is 0 Å². The molecule has 58 heavy (non-hydrogen) atoms. The van der Waals surface area contributed by atoms with Crippen LogP contribution in [-0.2, 0) is 0 Å². The van der Waals surface area contributed by atoms with Crippen molar-refractivity contribution in [2.24, 2.45) is 0 Å². The molecule has 4 nitrogen and oxygen atoms in total. The third-order valence-corrected chi connectivity index (χ3v) is 11.5. The maximum Gasteiger partial charge on any atom is 0.159 e. The lowest BCUT2D eigenvalue weighted by Crippen LogP contribution is -2.12. The molecule has 0 bridgehead atoms. The highest BCUT2D eigenvalue weighted by molar-refractivity contribution is 6.23. The molecule has 0 atom stereocenters. The number of hydrogen-bond donors (Lipinski definition) is 0. The number of hydrogen-bond acceptors (Lipinski definition) is 4. The molecule has 0 fully saturated rings. The fraction of sp³-hybridized carbons (Fsp3) is 0.